The van der Waals surface area contributed by atoms with Crippen molar-refractivity contribution in [3.05, 3.63) is 5.82 Å². The number of nitrogens with zero attached hydrogens (tertiary/aromatic N) is 5. The molecule has 6 heteroatoms. The van der Waals surface area contributed by atoms with Crippen LogP contribution in [0, 0.1) is 5.92 Å². The third-order valence-corrected chi connectivity index (χ3v) is 3.28. The summed E-state index contributed by atoms with van der Waals surface area (Å²) in [6.45, 7) is 2.99. The zero-order valence-corrected chi connectivity index (χ0v) is 9.69. The maximum absolute atomic E-state index is 5.84. The fourth-order valence-electron chi connectivity index (χ4n) is 1.89. The van der Waals surface area contributed by atoms with Crippen molar-refractivity contribution in [3.8, 4) is 0 Å². The Morgan fingerprint density at radius 3 is 2.67 bits per heavy atom. The number of rotatable bonds is 3. The Hall–Kier alpha value is -0.680. The summed E-state index contributed by atoms with van der Waals surface area (Å²) < 4.78 is 0. The van der Waals surface area contributed by atoms with E-state index in [9.17, 15) is 0 Å². The van der Waals surface area contributed by atoms with Gasteiger partial charge in [-0.25, -0.2) is 0 Å². The molecule has 0 atom stereocenters. The number of aryl methyl sites for hydroxylation is 1. The van der Waals surface area contributed by atoms with Crippen molar-refractivity contribution < 1.29 is 0 Å². The molecule has 84 valence electrons. The summed E-state index contributed by atoms with van der Waals surface area (Å²) >= 11 is 5.84. The third kappa shape index (κ3) is 2.89. The van der Waals surface area contributed by atoms with Crippen LogP contribution in [0.15, 0.2) is 0 Å². The van der Waals surface area contributed by atoms with Crippen molar-refractivity contribution in [1.82, 2.24) is 25.1 Å². The molecular formula is C9H16ClN5. The summed E-state index contributed by atoms with van der Waals surface area (Å²) in [6, 6.07) is 0. The maximum atomic E-state index is 5.84. The van der Waals surface area contributed by atoms with Gasteiger partial charge in [-0.1, -0.05) is 0 Å². The molecular weight excluding hydrogens is 214 g/mol. The normalized spacial score (nSPS) is 19.6. The lowest BCUT2D eigenvalue weighted by molar-refractivity contribution is 0.182. The summed E-state index contributed by atoms with van der Waals surface area (Å²) in [5.41, 5.74) is 0. The molecule has 1 aliphatic heterocycles. The molecule has 1 aromatic heterocycles. The number of likely N-dealkylation sites (tertiary alicyclic amines) is 1. The van der Waals surface area contributed by atoms with Gasteiger partial charge in [0.15, 0.2) is 5.82 Å². The molecule has 0 amide bonds. The van der Waals surface area contributed by atoms with E-state index < -0.39 is 0 Å². The van der Waals surface area contributed by atoms with E-state index in [0.717, 1.165) is 31.3 Å². The quantitative estimate of drug-likeness (QED) is 0.715. The molecule has 5 nitrogen and oxygen atoms in total. The van der Waals surface area contributed by atoms with Crippen molar-refractivity contribution in [2.45, 2.75) is 19.4 Å². The molecule has 0 aromatic carbocycles. The Morgan fingerprint density at radius 2 is 2.13 bits per heavy atom. The molecule has 2 heterocycles. The van der Waals surface area contributed by atoms with E-state index in [1.165, 1.54) is 17.6 Å². The lowest BCUT2D eigenvalue weighted by Crippen LogP contribution is -2.34. The molecule has 0 N–H and O–H groups in total. The molecule has 1 aliphatic rings. The van der Waals surface area contributed by atoms with Crippen molar-refractivity contribution in [1.29, 1.82) is 0 Å². The van der Waals surface area contributed by atoms with Crippen LogP contribution in [0.4, 0.5) is 0 Å². The molecule has 0 spiro atoms. The van der Waals surface area contributed by atoms with Gasteiger partial charge >= 0.3 is 0 Å². The van der Waals surface area contributed by atoms with Crippen LogP contribution in [0.2, 0.25) is 0 Å². The van der Waals surface area contributed by atoms with Crippen LogP contribution in [0.5, 0.6) is 0 Å². The minimum atomic E-state index is 0.692. The predicted octanol–water partition coefficient (Wildman–Crippen LogP) is 0.661. The SMILES string of the molecule is Cn1nnc(CN2CCC(CCl)CC2)n1. The van der Waals surface area contributed by atoms with Gasteiger partial charge in [0, 0.05) is 5.88 Å². The summed E-state index contributed by atoms with van der Waals surface area (Å²) in [4.78, 5) is 3.86. The van der Waals surface area contributed by atoms with E-state index >= 15 is 0 Å². The largest absolute Gasteiger partial charge is 0.296 e. The average Bonchev–Trinajstić information content (AvgIpc) is 2.65. The predicted molar refractivity (Wildman–Crippen MR) is 57.5 cm³/mol. The number of alkyl halides is 1. The first-order chi connectivity index (χ1) is 7.28. The first-order valence-electron chi connectivity index (χ1n) is 5.29. The number of aromatic nitrogens is 4. The summed E-state index contributed by atoms with van der Waals surface area (Å²) in [6.07, 6.45) is 2.37. The molecule has 0 radical (unpaired) electrons. The van der Waals surface area contributed by atoms with Gasteiger partial charge in [0.2, 0.25) is 0 Å². The Balaban J connectivity index is 1.82. The molecule has 1 fully saturated rings. The minimum Gasteiger partial charge on any atom is -0.296 e. The van der Waals surface area contributed by atoms with Crippen LogP contribution < -0.4 is 0 Å². The number of hydrogen-bond acceptors (Lipinski definition) is 4. The van der Waals surface area contributed by atoms with Crippen molar-refractivity contribution in [2.24, 2.45) is 13.0 Å². The Morgan fingerprint density at radius 1 is 1.40 bits per heavy atom. The minimum absolute atomic E-state index is 0.692. The van der Waals surface area contributed by atoms with E-state index in [4.69, 9.17) is 11.6 Å². The van der Waals surface area contributed by atoms with Crippen LogP contribution >= 0.6 is 11.6 Å². The van der Waals surface area contributed by atoms with Crippen LogP contribution in [0.25, 0.3) is 0 Å². The van der Waals surface area contributed by atoms with Gasteiger partial charge in [0.05, 0.1) is 13.6 Å². The zero-order chi connectivity index (χ0) is 10.7. The van der Waals surface area contributed by atoms with Crippen LogP contribution in [-0.4, -0.2) is 44.1 Å². The van der Waals surface area contributed by atoms with E-state index in [1.807, 2.05) is 0 Å². The standard InChI is InChI=1S/C9H16ClN5/c1-14-12-9(11-13-14)7-15-4-2-8(6-10)3-5-15/h8H,2-7H2,1H3. The van der Waals surface area contributed by atoms with Gasteiger partial charge in [0.1, 0.15) is 0 Å². The highest BCUT2D eigenvalue weighted by Crippen LogP contribution is 2.18. The van der Waals surface area contributed by atoms with Gasteiger partial charge < -0.3 is 0 Å². The zero-order valence-electron chi connectivity index (χ0n) is 8.93. The number of tetrazole rings is 1. The van der Waals surface area contributed by atoms with E-state index in [-0.39, 0.29) is 0 Å². The fraction of sp³-hybridized carbons (Fsp3) is 0.889. The van der Waals surface area contributed by atoms with Crippen LogP contribution in [-0.2, 0) is 13.6 Å². The van der Waals surface area contributed by atoms with Crippen LogP contribution in [0.3, 0.4) is 0 Å². The molecule has 0 bridgehead atoms. The second-order valence-electron chi connectivity index (χ2n) is 4.07. The highest BCUT2D eigenvalue weighted by Gasteiger charge is 2.19. The maximum Gasteiger partial charge on any atom is 0.188 e. The van der Waals surface area contributed by atoms with E-state index in [2.05, 4.69) is 20.3 Å². The lowest BCUT2D eigenvalue weighted by atomic mass is 9.99. The topological polar surface area (TPSA) is 46.8 Å². The Labute approximate surface area is 94.4 Å². The molecule has 0 aliphatic carbocycles. The first-order valence-corrected chi connectivity index (χ1v) is 5.82. The third-order valence-electron chi connectivity index (χ3n) is 2.84. The van der Waals surface area contributed by atoms with Gasteiger partial charge in [-0.2, -0.15) is 4.80 Å². The Bertz CT molecular complexity index is 305. The van der Waals surface area contributed by atoms with Crippen molar-refractivity contribution in [2.75, 3.05) is 19.0 Å². The highest BCUT2D eigenvalue weighted by molar-refractivity contribution is 6.18. The molecule has 0 saturated carbocycles. The smallest absolute Gasteiger partial charge is 0.188 e. The van der Waals surface area contributed by atoms with Gasteiger partial charge in [0.25, 0.3) is 0 Å². The summed E-state index contributed by atoms with van der Waals surface area (Å²) in [5.74, 6) is 2.29. The van der Waals surface area contributed by atoms with Crippen molar-refractivity contribution in [3.63, 3.8) is 0 Å². The summed E-state index contributed by atoms with van der Waals surface area (Å²) in [7, 11) is 1.79. The number of halogens is 1. The average molecular weight is 230 g/mol. The second-order valence-corrected chi connectivity index (χ2v) is 4.38. The first kappa shape index (κ1) is 10.8. The van der Waals surface area contributed by atoms with Gasteiger partial charge in [-0.05, 0) is 37.1 Å². The number of hydrogen-bond donors (Lipinski definition) is 0. The Kier molecular flexibility index (Phi) is 3.53. The van der Waals surface area contributed by atoms with E-state index in [0.29, 0.717) is 5.92 Å². The second kappa shape index (κ2) is 4.90. The molecule has 2 rings (SSSR count). The lowest BCUT2D eigenvalue weighted by Gasteiger charge is -2.29. The van der Waals surface area contributed by atoms with Gasteiger partial charge in [-0.15, -0.1) is 21.8 Å². The molecule has 0 unspecified atom stereocenters. The van der Waals surface area contributed by atoms with E-state index in [1.54, 1.807) is 7.05 Å². The van der Waals surface area contributed by atoms with Gasteiger partial charge in [-0.3, -0.25) is 4.90 Å². The molecule has 1 saturated heterocycles. The van der Waals surface area contributed by atoms with Crippen molar-refractivity contribution >= 4 is 11.6 Å². The number of piperidine rings is 1. The monoisotopic (exact) mass is 229 g/mol. The fourth-order valence-corrected chi connectivity index (χ4v) is 2.19. The molecule has 1 aromatic rings. The molecule has 15 heavy (non-hydrogen) atoms. The summed E-state index contributed by atoms with van der Waals surface area (Å²) in [5, 5.41) is 12.0. The highest BCUT2D eigenvalue weighted by atomic mass is 35.5. The van der Waals surface area contributed by atoms with Crippen LogP contribution in [0.1, 0.15) is 18.7 Å².